The quantitative estimate of drug-likeness (QED) is 0.523. The fourth-order valence-electron chi connectivity index (χ4n) is 1.66. The van der Waals surface area contributed by atoms with Crippen LogP contribution in [0, 0.1) is 0 Å². The van der Waals surface area contributed by atoms with Crippen LogP contribution in [0.15, 0.2) is 43.4 Å². The molecular formula is C13H10N2O2S3. The number of rotatable bonds is 5. The zero-order valence-corrected chi connectivity index (χ0v) is 13.0. The number of para-hydroxylation sites is 1. The zero-order valence-electron chi connectivity index (χ0n) is 10.5. The van der Waals surface area contributed by atoms with Gasteiger partial charge in [0, 0.05) is 5.39 Å². The lowest BCUT2D eigenvalue weighted by atomic mass is 10.2. The Hall–Kier alpha value is -1.31. The minimum Gasteiger partial charge on any atom is -0.453 e. The molecule has 2 heterocycles. The molecule has 0 saturated heterocycles. The van der Waals surface area contributed by atoms with E-state index in [1.165, 1.54) is 23.1 Å². The Labute approximate surface area is 128 Å². The maximum absolute atomic E-state index is 12.1. The third-order valence-corrected chi connectivity index (χ3v) is 5.62. The molecule has 2 aromatic heterocycles. The van der Waals surface area contributed by atoms with Gasteiger partial charge >= 0.3 is 0 Å². The number of fused-ring (bicyclic) bond motifs is 1. The van der Waals surface area contributed by atoms with Crippen molar-refractivity contribution in [2.24, 2.45) is 0 Å². The van der Waals surface area contributed by atoms with Gasteiger partial charge in [0.05, 0.1) is 5.75 Å². The summed E-state index contributed by atoms with van der Waals surface area (Å²) in [7, 11) is 0. The number of Topliss-reactive ketones (excluding diaryl/α,β-unsaturated/α-hetero) is 1. The van der Waals surface area contributed by atoms with Gasteiger partial charge in [-0.3, -0.25) is 4.79 Å². The molecule has 0 fully saturated rings. The monoisotopic (exact) mass is 322 g/mol. The smallest absolute Gasteiger partial charge is 0.208 e. The van der Waals surface area contributed by atoms with Gasteiger partial charge in [0.15, 0.2) is 14.4 Å². The van der Waals surface area contributed by atoms with Gasteiger partial charge in [0.1, 0.15) is 5.58 Å². The fourth-order valence-corrected chi connectivity index (χ4v) is 3.96. The molecule has 7 heteroatoms. The van der Waals surface area contributed by atoms with Crippen molar-refractivity contribution in [1.29, 1.82) is 0 Å². The summed E-state index contributed by atoms with van der Waals surface area (Å²) in [5.74, 6) is 0.670. The van der Waals surface area contributed by atoms with Crippen LogP contribution in [-0.2, 0) is 0 Å². The number of carbonyl (C=O) groups is 1. The van der Waals surface area contributed by atoms with Crippen molar-refractivity contribution in [2.75, 3.05) is 12.0 Å². The Balaban J connectivity index is 1.69. The lowest BCUT2D eigenvalue weighted by Gasteiger charge is -1.93. The first kappa shape index (κ1) is 13.7. The van der Waals surface area contributed by atoms with Crippen LogP contribution in [-0.4, -0.2) is 28.0 Å². The van der Waals surface area contributed by atoms with Gasteiger partial charge in [-0.25, -0.2) is 0 Å². The second-order valence-electron chi connectivity index (χ2n) is 3.90. The van der Waals surface area contributed by atoms with Gasteiger partial charge in [-0.05, 0) is 18.4 Å². The summed E-state index contributed by atoms with van der Waals surface area (Å²) < 4.78 is 7.26. The number of hydrogen-bond donors (Lipinski definition) is 0. The van der Waals surface area contributed by atoms with Crippen LogP contribution in [0.4, 0.5) is 0 Å². The second kappa shape index (κ2) is 5.99. The van der Waals surface area contributed by atoms with Crippen LogP contribution in [0.1, 0.15) is 10.6 Å². The summed E-state index contributed by atoms with van der Waals surface area (Å²) in [4.78, 5) is 12.1. The highest BCUT2D eigenvalue weighted by molar-refractivity contribution is 8.03. The van der Waals surface area contributed by atoms with Crippen molar-refractivity contribution in [3.8, 4) is 0 Å². The van der Waals surface area contributed by atoms with E-state index in [2.05, 4.69) is 10.2 Å². The Morgan fingerprint density at radius 1 is 1.30 bits per heavy atom. The lowest BCUT2D eigenvalue weighted by Crippen LogP contribution is -2.00. The molecule has 4 nitrogen and oxygen atoms in total. The molecule has 0 atom stereocenters. The molecular weight excluding hydrogens is 312 g/mol. The molecule has 0 bridgehead atoms. The predicted molar refractivity (Wildman–Crippen MR) is 83.0 cm³/mol. The summed E-state index contributed by atoms with van der Waals surface area (Å²) in [6.07, 6.45) is 1.95. The van der Waals surface area contributed by atoms with Gasteiger partial charge in [-0.1, -0.05) is 53.1 Å². The van der Waals surface area contributed by atoms with Crippen LogP contribution in [0.5, 0.6) is 0 Å². The molecule has 3 rings (SSSR count). The molecule has 0 N–H and O–H groups in total. The van der Waals surface area contributed by atoms with Crippen LogP contribution in [0.2, 0.25) is 0 Å². The SMILES string of the molecule is CSc1nnc(SCC(=O)c2cc3ccccc3o2)s1. The number of hydrogen-bond acceptors (Lipinski definition) is 7. The van der Waals surface area contributed by atoms with E-state index in [1.54, 1.807) is 17.8 Å². The first-order chi connectivity index (χ1) is 9.76. The lowest BCUT2D eigenvalue weighted by molar-refractivity contribution is 0.0994. The summed E-state index contributed by atoms with van der Waals surface area (Å²) in [6, 6.07) is 9.38. The minimum absolute atomic E-state index is 0.0351. The van der Waals surface area contributed by atoms with Gasteiger partial charge in [-0.2, -0.15) is 0 Å². The van der Waals surface area contributed by atoms with Crippen molar-refractivity contribution in [1.82, 2.24) is 10.2 Å². The molecule has 20 heavy (non-hydrogen) atoms. The Morgan fingerprint density at radius 2 is 2.10 bits per heavy atom. The molecule has 1 aromatic carbocycles. The van der Waals surface area contributed by atoms with Crippen molar-refractivity contribution in [3.63, 3.8) is 0 Å². The molecule has 102 valence electrons. The van der Waals surface area contributed by atoms with E-state index in [9.17, 15) is 4.79 Å². The van der Waals surface area contributed by atoms with Crippen molar-refractivity contribution < 1.29 is 9.21 Å². The number of furan rings is 1. The molecule has 3 aromatic rings. The van der Waals surface area contributed by atoms with E-state index in [1.807, 2.05) is 30.5 Å². The van der Waals surface area contributed by atoms with E-state index >= 15 is 0 Å². The van der Waals surface area contributed by atoms with Crippen LogP contribution >= 0.6 is 34.9 Å². The molecule has 0 saturated carbocycles. The number of nitrogens with zero attached hydrogens (tertiary/aromatic N) is 2. The number of aromatic nitrogens is 2. The van der Waals surface area contributed by atoms with E-state index in [4.69, 9.17) is 4.42 Å². The molecule has 0 amide bonds. The summed E-state index contributed by atoms with van der Waals surface area (Å²) >= 11 is 4.44. The van der Waals surface area contributed by atoms with E-state index in [0.29, 0.717) is 11.5 Å². The molecule has 0 aliphatic heterocycles. The van der Waals surface area contributed by atoms with Crippen molar-refractivity contribution in [3.05, 3.63) is 36.1 Å². The normalized spacial score (nSPS) is 11.1. The highest BCUT2D eigenvalue weighted by Crippen LogP contribution is 2.28. The maximum Gasteiger partial charge on any atom is 0.208 e. The number of thioether (sulfide) groups is 2. The third-order valence-electron chi connectivity index (χ3n) is 2.59. The highest BCUT2D eigenvalue weighted by Gasteiger charge is 2.14. The van der Waals surface area contributed by atoms with Crippen LogP contribution < -0.4 is 0 Å². The minimum atomic E-state index is -0.0351. The second-order valence-corrected chi connectivity index (χ2v) is 7.15. The van der Waals surface area contributed by atoms with Gasteiger partial charge in [-0.15, -0.1) is 10.2 Å². The average Bonchev–Trinajstić information content (AvgIpc) is 3.10. The van der Waals surface area contributed by atoms with Crippen molar-refractivity contribution in [2.45, 2.75) is 8.68 Å². The Kier molecular flexibility index (Phi) is 4.09. The number of benzene rings is 1. The Bertz CT molecular complexity index is 718. The summed E-state index contributed by atoms with van der Waals surface area (Å²) in [5, 5.41) is 8.97. The fraction of sp³-hybridized carbons (Fsp3) is 0.154. The molecule has 0 radical (unpaired) electrons. The van der Waals surface area contributed by atoms with Gasteiger partial charge in [0.25, 0.3) is 0 Å². The largest absolute Gasteiger partial charge is 0.453 e. The predicted octanol–water partition coefficient (Wildman–Crippen LogP) is 3.98. The van der Waals surface area contributed by atoms with E-state index in [0.717, 1.165) is 19.6 Å². The molecule has 0 unspecified atom stereocenters. The summed E-state index contributed by atoms with van der Waals surface area (Å²) in [6.45, 7) is 0. The maximum atomic E-state index is 12.1. The molecule has 0 spiro atoms. The standard InChI is InChI=1S/C13H10N2O2S3/c1-18-12-14-15-13(20-12)19-7-9(16)11-6-8-4-2-3-5-10(8)17-11/h2-6H,7H2,1H3. The van der Waals surface area contributed by atoms with Gasteiger partial charge < -0.3 is 4.42 Å². The van der Waals surface area contributed by atoms with Crippen LogP contribution in [0.25, 0.3) is 11.0 Å². The Morgan fingerprint density at radius 3 is 2.85 bits per heavy atom. The first-order valence-corrected chi connectivity index (χ1v) is 8.81. The zero-order chi connectivity index (χ0) is 13.9. The first-order valence-electron chi connectivity index (χ1n) is 5.78. The summed E-state index contributed by atoms with van der Waals surface area (Å²) in [5.41, 5.74) is 0.737. The molecule has 0 aliphatic rings. The molecule has 0 aliphatic carbocycles. The average molecular weight is 322 g/mol. The topological polar surface area (TPSA) is 56.0 Å². The number of ketones is 1. The van der Waals surface area contributed by atoms with Gasteiger partial charge in [0.2, 0.25) is 5.78 Å². The third kappa shape index (κ3) is 2.89. The van der Waals surface area contributed by atoms with Crippen LogP contribution in [0.3, 0.4) is 0 Å². The highest BCUT2D eigenvalue weighted by atomic mass is 32.2. The van der Waals surface area contributed by atoms with E-state index < -0.39 is 0 Å². The van der Waals surface area contributed by atoms with E-state index in [-0.39, 0.29) is 5.78 Å². The van der Waals surface area contributed by atoms with Crippen molar-refractivity contribution >= 4 is 51.6 Å². The number of carbonyl (C=O) groups excluding carboxylic acids is 1.